The van der Waals surface area contributed by atoms with Crippen molar-refractivity contribution in [1.29, 1.82) is 0 Å². The summed E-state index contributed by atoms with van der Waals surface area (Å²) < 4.78 is 0. The number of carbonyl (C=O) groups is 2. The van der Waals surface area contributed by atoms with E-state index in [1.54, 1.807) is 35.2 Å². The standard InChI is InChI=1S/C19H19Cl2N3O2S/c1-3-24(4-2)18(26)12-6-5-7-14(10-12)22-19(27)23-17(25)15-9-8-13(20)11-16(15)21/h5-11H,3-4H2,1-2H3,(H2,22,23,25,27). The maximum atomic E-state index is 12.4. The first-order valence-electron chi connectivity index (χ1n) is 8.32. The Morgan fingerprint density at radius 3 is 2.41 bits per heavy atom. The second-order valence-electron chi connectivity index (χ2n) is 5.59. The third kappa shape index (κ3) is 5.66. The van der Waals surface area contributed by atoms with E-state index in [0.29, 0.717) is 29.4 Å². The molecule has 5 nitrogen and oxygen atoms in total. The minimum Gasteiger partial charge on any atom is -0.339 e. The van der Waals surface area contributed by atoms with Gasteiger partial charge in [0.15, 0.2) is 5.11 Å². The summed E-state index contributed by atoms with van der Waals surface area (Å²) in [5, 5.41) is 6.22. The molecular weight excluding hydrogens is 405 g/mol. The van der Waals surface area contributed by atoms with Crippen molar-refractivity contribution in [2.75, 3.05) is 18.4 Å². The lowest BCUT2D eigenvalue weighted by atomic mass is 10.1. The molecule has 0 aliphatic carbocycles. The lowest BCUT2D eigenvalue weighted by molar-refractivity contribution is 0.0772. The first-order chi connectivity index (χ1) is 12.8. The average molecular weight is 424 g/mol. The highest BCUT2D eigenvalue weighted by molar-refractivity contribution is 7.80. The van der Waals surface area contributed by atoms with Crippen molar-refractivity contribution in [1.82, 2.24) is 10.2 Å². The molecule has 0 saturated heterocycles. The first kappa shape index (κ1) is 21.2. The summed E-state index contributed by atoms with van der Waals surface area (Å²) in [5.74, 6) is -0.518. The fourth-order valence-electron chi connectivity index (χ4n) is 2.43. The van der Waals surface area contributed by atoms with Crippen LogP contribution in [0, 0.1) is 0 Å². The molecule has 142 valence electrons. The van der Waals surface area contributed by atoms with Gasteiger partial charge in [-0.1, -0.05) is 29.3 Å². The summed E-state index contributed by atoms with van der Waals surface area (Å²) in [4.78, 5) is 26.5. The monoisotopic (exact) mass is 423 g/mol. The topological polar surface area (TPSA) is 61.4 Å². The molecule has 0 aliphatic heterocycles. The molecule has 8 heteroatoms. The van der Waals surface area contributed by atoms with Crippen LogP contribution in [0.4, 0.5) is 5.69 Å². The second kappa shape index (κ2) is 9.69. The summed E-state index contributed by atoms with van der Waals surface area (Å²) >= 11 is 17.0. The Labute approximate surface area is 173 Å². The number of nitrogens with zero attached hydrogens (tertiary/aromatic N) is 1. The van der Waals surface area contributed by atoms with E-state index in [1.165, 1.54) is 12.1 Å². The van der Waals surface area contributed by atoms with Gasteiger partial charge in [0.2, 0.25) is 0 Å². The molecule has 0 saturated carbocycles. The molecule has 2 N–H and O–H groups in total. The van der Waals surface area contributed by atoms with Gasteiger partial charge in [0.1, 0.15) is 0 Å². The highest BCUT2D eigenvalue weighted by atomic mass is 35.5. The molecule has 2 amide bonds. The molecular formula is C19H19Cl2N3O2S. The van der Waals surface area contributed by atoms with Gasteiger partial charge < -0.3 is 10.2 Å². The minimum absolute atomic E-state index is 0.0634. The van der Waals surface area contributed by atoms with Crippen molar-refractivity contribution < 1.29 is 9.59 Å². The Bertz CT molecular complexity index is 870. The van der Waals surface area contributed by atoms with E-state index in [2.05, 4.69) is 10.6 Å². The van der Waals surface area contributed by atoms with Gasteiger partial charge in [0.05, 0.1) is 10.6 Å². The van der Waals surface area contributed by atoms with Crippen LogP contribution in [0.3, 0.4) is 0 Å². The van der Waals surface area contributed by atoms with Crippen molar-refractivity contribution >= 4 is 58.0 Å². The van der Waals surface area contributed by atoms with Gasteiger partial charge in [0, 0.05) is 29.4 Å². The van der Waals surface area contributed by atoms with E-state index in [0.717, 1.165) is 0 Å². The van der Waals surface area contributed by atoms with Crippen LogP contribution in [0.5, 0.6) is 0 Å². The predicted octanol–water partition coefficient (Wildman–Crippen LogP) is 4.60. The molecule has 0 unspecified atom stereocenters. The molecule has 0 fully saturated rings. The van der Waals surface area contributed by atoms with Crippen LogP contribution in [0.25, 0.3) is 0 Å². The Balaban J connectivity index is 2.06. The van der Waals surface area contributed by atoms with Crippen molar-refractivity contribution in [3.8, 4) is 0 Å². The Morgan fingerprint density at radius 2 is 1.78 bits per heavy atom. The van der Waals surface area contributed by atoms with E-state index in [1.807, 2.05) is 13.8 Å². The van der Waals surface area contributed by atoms with Crippen LogP contribution in [-0.4, -0.2) is 34.9 Å². The van der Waals surface area contributed by atoms with E-state index in [-0.39, 0.29) is 21.6 Å². The molecule has 0 radical (unpaired) electrons. The van der Waals surface area contributed by atoms with Gasteiger partial charge in [0.25, 0.3) is 11.8 Å². The molecule has 0 bridgehead atoms. The summed E-state index contributed by atoms with van der Waals surface area (Å²) in [6.45, 7) is 5.11. The van der Waals surface area contributed by atoms with E-state index in [4.69, 9.17) is 35.4 Å². The molecule has 2 rings (SSSR count). The second-order valence-corrected chi connectivity index (χ2v) is 6.84. The van der Waals surface area contributed by atoms with Crippen molar-refractivity contribution in [3.63, 3.8) is 0 Å². The van der Waals surface area contributed by atoms with Crippen LogP contribution in [0.15, 0.2) is 42.5 Å². The number of hydrogen-bond donors (Lipinski definition) is 2. The predicted molar refractivity (Wildman–Crippen MR) is 114 cm³/mol. The quantitative estimate of drug-likeness (QED) is 0.689. The fourth-order valence-corrected chi connectivity index (χ4v) is 3.13. The Hall–Kier alpha value is -2.15. The zero-order valence-electron chi connectivity index (χ0n) is 14.9. The average Bonchev–Trinajstić information content (AvgIpc) is 2.62. The normalized spacial score (nSPS) is 10.2. The molecule has 0 spiro atoms. The van der Waals surface area contributed by atoms with Gasteiger partial charge in [-0.3, -0.25) is 14.9 Å². The number of halogens is 2. The number of nitrogens with one attached hydrogen (secondary N) is 2. The summed E-state index contributed by atoms with van der Waals surface area (Å²) in [7, 11) is 0. The zero-order chi connectivity index (χ0) is 20.0. The first-order valence-corrected chi connectivity index (χ1v) is 9.48. The summed E-state index contributed by atoms with van der Waals surface area (Å²) in [6.07, 6.45) is 0. The maximum Gasteiger partial charge on any atom is 0.258 e. The van der Waals surface area contributed by atoms with Gasteiger partial charge in [-0.05, 0) is 62.5 Å². The van der Waals surface area contributed by atoms with Gasteiger partial charge in [-0.15, -0.1) is 0 Å². The molecule has 2 aromatic carbocycles. The van der Waals surface area contributed by atoms with Crippen LogP contribution >= 0.6 is 35.4 Å². The highest BCUT2D eigenvalue weighted by Gasteiger charge is 2.14. The van der Waals surface area contributed by atoms with Crippen molar-refractivity contribution in [3.05, 3.63) is 63.6 Å². The number of amides is 2. The van der Waals surface area contributed by atoms with Crippen LogP contribution in [-0.2, 0) is 0 Å². The van der Waals surface area contributed by atoms with Crippen LogP contribution in [0.2, 0.25) is 10.0 Å². The third-order valence-corrected chi connectivity index (χ3v) is 4.57. The summed E-state index contributed by atoms with van der Waals surface area (Å²) in [6, 6.07) is 11.5. The van der Waals surface area contributed by atoms with Crippen molar-refractivity contribution in [2.45, 2.75) is 13.8 Å². The lowest BCUT2D eigenvalue weighted by Gasteiger charge is -2.19. The molecule has 0 heterocycles. The molecule has 2 aromatic rings. The number of anilines is 1. The molecule has 0 atom stereocenters. The number of rotatable bonds is 5. The maximum absolute atomic E-state index is 12.4. The van der Waals surface area contributed by atoms with E-state index >= 15 is 0 Å². The molecule has 27 heavy (non-hydrogen) atoms. The summed E-state index contributed by atoms with van der Waals surface area (Å²) in [5.41, 5.74) is 1.40. The number of carbonyl (C=O) groups excluding carboxylic acids is 2. The molecule has 0 aromatic heterocycles. The fraction of sp³-hybridized carbons (Fsp3) is 0.211. The number of benzene rings is 2. The van der Waals surface area contributed by atoms with E-state index < -0.39 is 5.91 Å². The minimum atomic E-state index is -0.454. The third-order valence-electron chi connectivity index (χ3n) is 3.82. The van der Waals surface area contributed by atoms with Gasteiger partial charge in [-0.25, -0.2) is 0 Å². The highest BCUT2D eigenvalue weighted by Crippen LogP contribution is 2.21. The smallest absolute Gasteiger partial charge is 0.258 e. The van der Waals surface area contributed by atoms with E-state index in [9.17, 15) is 9.59 Å². The lowest BCUT2D eigenvalue weighted by Crippen LogP contribution is -2.34. The largest absolute Gasteiger partial charge is 0.339 e. The van der Waals surface area contributed by atoms with Crippen LogP contribution < -0.4 is 10.6 Å². The SMILES string of the molecule is CCN(CC)C(=O)c1cccc(NC(=S)NC(=O)c2ccc(Cl)cc2Cl)c1. The van der Waals surface area contributed by atoms with Crippen LogP contribution in [0.1, 0.15) is 34.6 Å². The Morgan fingerprint density at radius 1 is 1.07 bits per heavy atom. The van der Waals surface area contributed by atoms with Gasteiger partial charge >= 0.3 is 0 Å². The zero-order valence-corrected chi connectivity index (χ0v) is 17.2. The van der Waals surface area contributed by atoms with Gasteiger partial charge in [-0.2, -0.15) is 0 Å². The number of thiocarbonyl (C=S) groups is 1. The number of hydrogen-bond acceptors (Lipinski definition) is 3. The Kier molecular flexibility index (Phi) is 7.59. The molecule has 0 aliphatic rings. The van der Waals surface area contributed by atoms with Crippen molar-refractivity contribution in [2.24, 2.45) is 0 Å².